The number of imide groups is 1. The van der Waals surface area contributed by atoms with Gasteiger partial charge in [-0.1, -0.05) is 30.3 Å². The Kier molecular flexibility index (Phi) is 5.18. The lowest BCUT2D eigenvalue weighted by Gasteiger charge is -2.12. The lowest BCUT2D eigenvalue weighted by Crippen LogP contribution is -2.37. The number of hydrogen-bond acceptors (Lipinski definition) is 4. The number of aromatic amines is 1. The van der Waals surface area contributed by atoms with Gasteiger partial charge in [-0.3, -0.25) is 19.3 Å². The molecule has 1 saturated heterocycles. The molecule has 6 nitrogen and oxygen atoms in total. The third-order valence-corrected chi connectivity index (χ3v) is 5.33. The van der Waals surface area contributed by atoms with Crippen molar-refractivity contribution < 1.29 is 18.8 Å². The quantitative estimate of drug-likeness (QED) is 0.629. The molecule has 2 heterocycles. The van der Waals surface area contributed by atoms with Gasteiger partial charge in [0.05, 0.1) is 4.91 Å². The minimum Gasteiger partial charge on any atom is -0.351 e. The van der Waals surface area contributed by atoms with E-state index in [-0.39, 0.29) is 35.7 Å². The Hall–Kier alpha value is -3.39. The second kappa shape index (κ2) is 7.92. The molecule has 0 atom stereocenters. The Bertz CT molecular complexity index is 1140. The highest BCUT2D eigenvalue weighted by molar-refractivity contribution is 8.18. The van der Waals surface area contributed by atoms with Gasteiger partial charge in [0.2, 0.25) is 0 Å². The van der Waals surface area contributed by atoms with Crippen LogP contribution in [0.25, 0.3) is 17.0 Å². The summed E-state index contributed by atoms with van der Waals surface area (Å²) in [6.07, 6.45) is 1.67. The van der Waals surface area contributed by atoms with E-state index in [0.717, 1.165) is 22.2 Å². The van der Waals surface area contributed by atoms with E-state index in [1.165, 1.54) is 12.1 Å². The van der Waals surface area contributed by atoms with E-state index in [1.807, 2.05) is 30.3 Å². The Morgan fingerprint density at radius 3 is 2.72 bits per heavy atom. The number of carbonyl (C=O) groups excluding carboxylic acids is 3. The van der Waals surface area contributed by atoms with Gasteiger partial charge in [-0.05, 0) is 47.7 Å². The average Bonchev–Trinajstić information content (AvgIpc) is 3.24. The molecule has 0 unspecified atom stereocenters. The second-order valence-corrected chi connectivity index (χ2v) is 7.41. The van der Waals surface area contributed by atoms with Crippen LogP contribution in [0.2, 0.25) is 0 Å². The number of halogens is 1. The van der Waals surface area contributed by atoms with Gasteiger partial charge in [0.15, 0.2) is 0 Å². The van der Waals surface area contributed by atoms with Gasteiger partial charge in [-0.2, -0.15) is 0 Å². The lowest BCUT2D eigenvalue weighted by atomic mass is 10.2. The van der Waals surface area contributed by atoms with Gasteiger partial charge in [0, 0.05) is 24.0 Å². The van der Waals surface area contributed by atoms with Crippen LogP contribution in [0.15, 0.2) is 59.5 Å². The number of fused-ring (bicyclic) bond motifs is 1. The first-order valence-corrected chi connectivity index (χ1v) is 9.70. The number of benzene rings is 2. The monoisotopic (exact) mass is 409 g/mol. The summed E-state index contributed by atoms with van der Waals surface area (Å²) in [5, 5.41) is 2.89. The molecule has 2 aromatic carbocycles. The number of rotatable bonds is 5. The van der Waals surface area contributed by atoms with Crippen LogP contribution in [0.1, 0.15) is 16.1 Å². The first kappa shape index (κ1) is 18.9. The van der Waals surface area contributed by atoms with E-state index >= 15 is 0 Å². The lowest BCUT2D eigenvalue weighted by molar-refractivity contribution is -0.122. The number of carbonyl (C=O) groups is 3. The maximum absolute atomic E-state index is 13.3. The SMILES string of the molecule is O=C(NCCN1C(=O)SC(=Cc2ccccc2)C1=O)c1cc2cc(F)ccc2[nH]1. The zero-order valence-corrected chi connectivity index (χ0v) is 16.0. The van der Waals surface area contributed by atoms with Crippen LogP contribution in [0.4, 0.5) is 9.18 Å². The zero-order valence-electron chi connectivity index (χ0n) is 15.1. The fourth-order valence-electron chi connectivity index (χ4n) is 3.00. The predicted octanol–water partition coefficient (Wildman–Crippen LogP) is 3.77. The van der Waals surface area contributed by atoms with Crippen molar-refractivity contribution in [3.05, 3.63) is 76.6 Å². The number of nitrogens with one attached hydrogen (secondary N) is 2. The third kappa shape index (κ3) is 4.07. The molecule has 1 aromatic heterocycles. The van der Waals surface area contributed by atoms with Crippen molar-refractivity contribution in [2.24, 2.45) is 0 Å². The van der Waals surface area contributed by atoms with E-state index < -0.39 is 5.91 Å². The molecule has 1 aliphatic rings. The largest absolute Gasteiger partial charge is 0.351 e. The minimum absolute atomic E-state index is 0.0669. The third-order valence-electron chi connectivity index (χ3n) is 4.42. The topological polar surface area (TPSA) is 82.3 Å². The molecule has 1 fully saturated rings. The molecule has 146 valence electrons. The standard InChI is InChI=1S/C21H16FN3O3S/c22-15-6-7-16-14(11-15)12-17(24-16)19(26)23-8-9-25-20(27)18(29-21(25)28)10-13-4-2-1-3-5-13/h1-7,10-12,24H,8-9H2,(H,23,26). The molecule has 2 N–H and O–H groups in total. The Labute approximate surface area is 169 Å². The summed E-state index contributed by atoms with van der Waals surface area (Å²) in [6, 6.07) is 15.0. The molecule has 8 heteroatoms. The van der Waals surface area contributed by atoms with Gasteiger partial charge in [-0.25, -0.2) is 4.39 Å². The summed E-state index contributed by atoms with van der Waals surface area (Å²) < 4.78 is 13.3. The number of aromatic nitrogens is 1. The highest BCUT2D eigenvalue weighted by Crippen LogP contribution is 2.31. The molecule has 0 bridgehead atoms. The second-order valence-electron chi connectivity index (χ2n) is 6.41. The molecule has 3 aromatic rings. The molecule has 3 amide bonds. The first-order chi connectivity index (χ1) is 14.0. The van der Waals surface area contributed by atoms with E-state index in [9.17, 15) is 18.8 Å². The van der Waals surface area contributed by atoms with Crippen LogP contribution < -0.4 is 5.32 Å². The van der Waals surface area contributed by atoms with Crippen molar-refractivity contribution in [2.45, 2.75) is 0 Å². The fraction of sp³-hybridized carbons (Fsp3) is 0.0952. The number of thioether (sulfide) groups is 1. The van der Waals surface area contributed by atoms with Crippen molar-refractivity contribution in [2.75, 3.05) is 13.1 Å². The van der Waals surface area contributed by atoms with Crippen LogP contribution in [0.5, 0.6) is 0 Å². The van der Waals surface area contributed by atoms with Crippen LogP contribution >= 0.6 is 11.8 Å². The van der Waals surface area contributed by atoms with Crippen molar-refractivity contribution in [3.8, 4) is 0 Å². The molecule has 29 heavy (non-hydrogen) atoms. The molecular weight excluding hydrogens is 393 g/mol. The first-order valence-electron chi connectivity index (χ1n) is 8.88. The molecular formula is C21H16FN3O3S. The molecule has 4 rings (SSSR count). The summed E-state index contributed by atoms with van der Waals surface area (Å²) in [5.41, 5.74) is 1.76. The Morgan fingerprint density at radius 1 is 1.14 bits per heavy atom. The van der Waals surface area contributed by atoms with Crippen LogP contribution in [-0.4, -0.2) is 40.0 Å². The van der Waals surface area contributed by atoms with Crippen molar-refractivity contribution in [1.82, 2.24) is 15.2 Å². The normalized spacial score (nSPS) is 15.5. The van der Waals surface area contributed by atoms with Crippen LogP contribution in [-0.2, 0) is 4.79 Å². The molecule has 0 aliphatic carbocycles. The molecule has 0 saturated carbocycles. The predicted molar refractivity (Wildman–Crippen MR) is 110 cm³/mol. The van der Waals surface area contributed by atoms with Crippen molar-refractivity contribution in [1.29, 1.82) is 0 Å². The smallest absolute Gasteiger partial charge is 0.293 e. The van der Waals surface area contributed by atoms with E-state index in [4.69, 9.17) is 0 Å². The maximum Gasteiger partial charge on any atom is 0.293 e. The van der Waals surface area contributed by atoms with Gasteiger partial charge in [-0.15, -0.1) is 0 Å². The minimum atomic E-state index is -0.395. The van der Waals surface area contributed by atoms with Gasteiger partial charge in [0.1, 0.15) is 11.5 Å². The van der Waals surface area contributed by atoms with Crippen LogP contribution in [0.3, 0.4) is 0 Å². The van der Waals surface area contributed by atoms with E-state index in [0.29, 0.717) is 15.8 Å². The number of hydrogen-bond donors (Lipinski definition) is 2. The fourth-order valence-corrected chi connectivity index (χ4v) is 3.86. The van der Waals surface area contributed by atoms with Crippen molar-refractivity contribution in [3.63, 3.8) is 0 Å². The Balaban J connectivity index is 1.37. The highest BCUT2D eigenvalue weighted by Gasteiger charge is 2.34. The number of amides is 3. The Morgan fingerprint density at radius 2 is 1.93 bits per heavy atom. The van der Waals surface area contributed by atoms with Gasteiger partial charge >= 0.3 is 0 Å². The molecule has 1 aliphatic heterocycles. The summed E-state index contributed by atoms with van der Waals surface area (Å²) in [5.74, 6) is -1.15. The molecule has 0 radical (unpaired) electrons. The van der Waals surface area contributed by atoms with Gasteiger partial charge in [0.25, 0.3) is 17.1 Å². The maximum atomic E-state index is 13.3. The molecule has 0 spiro atoms. The van der Waals surface area contributed by atoms with E-state index in [1.54, 1.807) is 18.2 Å². The number of H-pyrrole nitrogens is 1. The average molecular weight is 409 g/mol. The summed E-state index contributed by atoms with van der Waals surface area (Å²) in [7, 11) is 0. The summed E-state index contributed by atoms with van der Waals surface area (Å²) in [4.78, 5) is 41.3. The number of nitrogens with zero attached hydrogens (tertiary/aromatic N) is 1. The highest BCUT2D eigenvalue weighted by atomic mass is 32.2. The van der Waals surface area contributed by atoms with Gasteiger partial charge < -0.3 is 10.3 Å². The van der Waals surface area contributed by atoms with E-state index in [2.05, 4.69) is 10.3 Å². The zero-order chi connectivity index (χ0) is 20.4. The van der Waals surface area contributed by atoms with Crippen molar-refractivity contribution >= 4 is 45.8 Å². The summed E-state index contributed by atoms with van der Waals surface area (Å²) >= 11 is 0.880. The van der Waals surface area contributed by atoms with Crippen LogP contribution in [0, 0.1) is 5.82 Å². The summed E-state index contributed by atoms with van der Waals surface area (Å²) in [6.45, 7) is 0.177.